The van der Waals surface area contributed by atoms with E-state index in [1.165, 1.54) is 0 Å². The molecule has 0 aromatic heterocycles. The average Bonchev–Trinajstić information content (AvgIpc) is 2.77. The molecule has 1 heterocycles. The van der Waals surface area contributed by atoms with Crippen molar-refractivity contribution in [2.24, 2.45) is 11.7 Å². The number of rotatable bonds is 7. The fraction of sp³-hybridized carbons (Fsp3) is 0.348. The van der Waals surface area contributed by atoms with Crippen LogP contribution in [-0.2, 0) is 22.6 Å². The van der Waals surface area contributed by atoms with E-state index in [4.69, 9.17) is 5.73 Å². The first-order chi connectivity index (χ1) is 14.0. The van der Waals surface area contributed by atoms with Gasteiger partial charge in [-0.2, -0.15) is 0 Å². The number of likely N-dealkylation sites (tertiary alicyclic amines) is 1. The van der Waals surface area contributed by atoms with Crippen molar-refractivity contribution in [2.45, 2.75) is 32.2 Å². The quantitative estimate of drug-likeness (QED) is 0.756. The van der Waals surface area contributed by atoms with Gasteiger partial charge < -0.3 is 16.0 Å². The van der Waals surface area contributed by atoms with E-state index >= 15 is 0 Å². The van der Waals surface area contributed by atoms with Gasteiger partial charge in [0.05, 0.1) is 0 Å². The maximum absolute atomic E-state index is 12.6. The number of nitrogens with two attached hydrogens (primary N) is 1. The Morgan fingerprint density at radius 1 is 0.931 bits per heavy atom. The Bertz CT molecular complexity index is 841. The largest absolute Gasteiger partial charge is 0.369 e. The first-order valence-corrected chi connectivity index (χ1v) is 10.0. The predicted molar refractivity (Wildman–Crippen MR) is 111 cm³/mol. The van der Waals surface area contributed by atoms with Crippen LogP contribution in [0.1, 0.15) is 40.7 Å². The van der Waals surface area contributed by atoms with Gasteiger partial charge >= 0.3 is 0 Å². The molecule has 1 aliphatic rings. The topological polar surface area (TPSA) is 92.5 Å². The number of amides is 3. The molecule has 29 heavy (non-hydrogen) atoms. The summed E-state index contributed by atoms with van der Waals surface area (Å²) in [6, 6.07) is 17.2. The average molecular weight is 393 g/mol. The number of piperidine rings is 1. The maximum atomic E-state index is 12.6. The second kappa shape index (κ2) is 9.87. The van der Waals surface area contributed by atoms with Crippen molar-refractivity contribution in [3.05, 3.63) is 71.3 Å². The van der Waals surface area contributed by atoms with Crippen LogP contribution in [0.3, 0.4) is 0 Å². The van der Waals surface area contributed by atoms with Gasteiger partial charge in [-0.25, -0.2) is 0 Å². The maximum Gasteiger partial charge on any atom is 0.253 e. The summed E-state index contributed by atoms with van der Waals surface area (Å²) in [6.07, 6.45) is 2.40. The lowest BCUT2D eigenvalue weighted by Crippen LogP contribution is -2.41. The molecule has 0 spiro atoms. The zero-order valence-electron chi connectivity index (χ0n) is 16.5. The number of nitrogens with zero attached hydrogens (tertiary/aromatic N) is 1. The van der Waals surface area contributed by atoms with Gasteiger partial charge in [-0.15, -0.1) is 0 Å². The Morgan fingerprint density at radius 3 is 2.21 bits per heavy atom. The molecule has 2 aromatic rings. The van der Waals surface area contributed by atoms with E-state index in [9.17, 15) is 14.4 Å². The number of aryl methyl sites for hydroxylation is 1. The summed E-state index contributed by atoms with van der Waals surface area (Å²) in [6.45, 7) is 1.53. The Labute approximate surface area is 171 Å². The molecule has 2 aromatic carbocycles. The molecule has 0 atom stereocenters. The van der Waals surface area contributed by atoms with E-state index in [-0.39, 0.29) is 23.6 Å². The van der Waals surface area contributed by atoms with Crippen molar-refractivity contribution < 1.29 is 14.4 Å². The molecule has 1 saturated heterocycles. The fourth-order valence-corrected chi connectivity index (χ4v) is 3.51. The summed E-state index contributed by atoms with van der Waals surface area (Å²) < 4.78 is 0. The predicted octanol–water partition coefficient (Wildman–Crippen LogP) is 2.27. The van der Waals surface area contributed by atoms with Gasteiger partial charge in [0.2, 0.25) is 11.8 Å². The zero-order valence-corrected chi connectivity index (χ0v) is 16.5. The van der Waals surface area contributed by atoms with Crippen LogP contribution in [-0.4, -0.2) is 35.7 Å². The molecule has 0 aliphatic carbocycles. The van der Waals surface area contributed by atoms with Crippen molar-refractivity contribution in [1.82, 2.24) is 10.2 Å². The minimum atomic E-state index is -0.285. The molecule has 0 saturated carbocycles. The number of carbonyl (C=O) groups excluding carboxylic acids is 3. The Balaban J connectivity index is 1.44. The molecule has 152 valence electrons. The van der Waals surface area contributed by atoms with Gasteiger partial charge in [0, 0.05) is 37.5 Å². The fourth-order valence-electron chi connectivity index (χ4n) is 3.51. The standard InChI is InChI=1S/C23H27N3O3/c24-22(28)19-12-14-26(15-13-19)23(29)20-9-6-18(7-10-20)16-25-21(27)11-8-17-4-2-1-3-5-17/h1-7,9-10,19H,8,11-16H2,(H2,24,28)(H,25,27). The van der Waals surface area contributed by atoms with Crippen molar-refractivity contribution >= 4 is 17.7 Å². The van der Waals surface area contributed by atoms with Gasteiger partial charge in [0.15, 0.2) is 0 Å². The highest BCUT2D eigenvalue weighted by molar-refractivity contribution is 5.94. The van der Waals surface area contributed by atoms with E-state index in [1.807, 2.05) is 42.5 Å². The lowest BCUT2D eigenvalue weighted by atomic mass is 9.96. The number of hydrogen-bond donors (Lipinski definition) is 2. The Hall–Kier alpha value is -3.15. The van der Waals surface area contributed by atoms with Crippen LogP contribution in [0.25, 0.3) is 0 Å². The monoisotopic (exact) mass is 393 g/mol. The van der Waals surface area contributed by atoms with E-state index in [2.05, 4.69) is 5.32 Å². The molecule has 1 fully saturated rings. The minimum absolute atomic E-state index is 0.00586. The van der Waals surface area contributed by atoms with Gasteiger partial charge in [0.25, 0.3) is 5.91 Å². The van der Waals surface area contributed by atoms with Gasteiger partial charge in [0.1, 0.15) is 0 Å². The Kier molecular flexibility index (Phi) is 7.00. The first kappa shape index (κ1) is 20.6. The van der Waals surface area contributed by atoms with Crippen LogP contribution in [0.2, 0.25) is 0 Å². The van der Waals surface area contributed by atoms with Crippen LogP contribution in [0.4, 0.5) is 0 Å². The third kappa shape index (κ3) is 5.91. The van der Waals surface area contributed by atoms with Crippen molar-refractivity contribution in [3.8, 4) is 0 Å². The van der Waals surface area contributed by atoms with Gasteiger partial charge in [-0.1, -0.05) is 42.5 Å². The summed E-state index contributed by atoms with van der Waals surface area (Å²) in [7, 11) is 0. The smallest absolute Gasteiger partial charge is 0.253 e. The molecule has 6 nitrogen and oxygen atoms in total. The van der Waals surface area contributed by atoms with Crippen LogP contribution in [0, 0.1) is 5.92 Å². The lowest BCUT2D eigenvalue weighted by molar-refractivity contribution is -0.123. The van der Waals surface area contributed by atoms with Crippen molar-refractivity contribution in [2.75, 3.05) is 13.1 Å². The normalized spacial score (nSPS) is 14.4. The SMILES string of the molecule is NC(=O)C1CCN(C(=O)c2ccc(CNC(=O)CCc3ccccc3)cc2)CC1. The molecule has 6 heteroatoms. The molecule has 0 unspecified atom stereocenters. The highest BCUT2D eigenvalue weighted by Gasteiger charge is 2.26. The van der Waals surface area contributed by atoms with Crippen LogP contribution < -0.4 is 11.1 Å². The first-order valence-electron chi connectivity index (χ1n) is 10.0. The van der Waals surface area contributed by atoms with E-state index in [0.717, 1.165) is 11.1 Å². The number of nitrogens with one attached hydrogen (secondary N) is 1. The third-order valence-corrected chi connectivity index (χ3v) is 5.36. The molecule has 3 N–H and O–H groups in total. The van der Waals surface area contributed by atoms with E-state index in [0.29, 0.717) is 50.9 Å². The van der Waals surface area contributed by atoms with Gasteiger partial charge in [-0.3, -0.25) is 14.4 Å². The van der Waals surface area contributed by atoms with E-state index < -0.39 is 0 Å². The Morgan fingerprint density at radius 2 is 1.59 bits per heavy atom. The summed E-state index contributed by atoms with van der Waals surface area (Å²) in [5.41, 5.74) is 8.05. The molecular formula is C23H27N3O3. The molecular weight excluding hydrogens is 366 g/mol. The van der Waals surface area contributed by atoms with E-state index in [1.54, 1.807) is 17.0 Å². The number of hydrogen-bond acceptors (Lipinski definition) is 3. The van der Waals surface area contributed by atoms with Crippen LogP contribution >= 0.6 is 0 Å². The number of carbonyl (C=O) groups is 3. The zero-order chi connectivity index (χ0) is 20.6. The van der Waals surface area contributed by atoms with Crippen LogP contribution in [0.15, 0.2) is 54.6 Å². The third-order valence-electron chi connectivity index (χ3n) is 5.36. The highest BCUT2D eigenvalue weighted by atomic mass is 16.2. The number of primary amides is 1. The van der Waals surface area contributed by atoms with Crippen molar-refractivity contribution in [3.63, 3.8) is 0 Å². The molecule has 0 radical (unpaired) electrons. The highest BCUT2D eigenvalue weighted by Crippen LogP contribution is 2.19. The summed E-state index contributed by atoms with van der Waals surface area (Å²) in [5.74, 6) is -0.447. The lowest BCUT2D eigenvalue weighted by Gasteiger charge is -2.30. The van der Waals surface area contributed by atoms with Gasteiger partial charge in [-0.05, 0) is 42.5 Å². The second-order valence-corrected chi connectivity index (χ2v) is 7.43. The molecule has 3 rings (SSSR count). The number of benzene rings is 2. The summed E-state index contributed by atoms with van der Waals surface area (Å²) in [5, 5.41) is 2.92. The van der Waals surface area contributed by atoms with Crippen molar-refractivity contribution in [1.29, 1.82) is 0 Å². The van der Waals surface area contributed by atoms with Crippen LogP contribution in [0.5, 0.6) is 0 Å². The minimum Gasteiger partial charge on any atom is -0.369 e. The molecule has 0 bridgehead atoms. The molecule has 3 amide bonds. The summed E-state index contributed by atoms with van der Waals surface area (Å²) >= 11 is 0. The second-order valence-electron chi connectivity index (χ2n) is 7.43. The summed E-state index contributed by atoms with van der Waals surface area (Å²) in [4.78, 5) is 37.7. The molecule has 1 aliphatic heterocycles.